The molecule has 3 unspecified atom stereocenters. The maximum absolute atomic E-state index is 9.83. The Bertz CT molecular complexity index is 267. The van der Waals surface area contributed by atoms with Crippen molar-refractivity contribution in [2.24, 2.45) is 0 Å². The van der Waals surface area contributed by atoms with E-state index in [-0.39, 0.29) is 5.54 Å². The van der Waals surface area contributed by atoms with Crippen LogP contribution in [0.4, 0.5) is 0 Å². The smallest absolute Gasteiger partial charge is 0.0613 e. The van der Waals surface area contributed by atoms with Crippen molar-refractivity contribution in [1.29, 1.82) is 0 Å². The highest BCUT2D eigenvalue weighted by Gasteiger charge is 2.38. The van der Waals surface area contributed by atoms with Crippen LogP contribution in [0.2, 0.25) is 0 Å². The van der Waals surface area contributed by atoms with Gasteiger partial charge in [0.05, 0.1) is 6.61 Å². The van der Waals surface area contributed by atoms with Gasteiger partial charge >= 0.3 is 0 Å². The zero-order chi connectivity index (χ0) is 13.7. The molecule has 0 bridgehead atoms. The summed E-state index contributed by atoms with van der Waals surface area (Å²) in [6.07, 6.45) is 10.3. The van der Waals surface area contributed by atoms with E-state index in [0.717, 1.165) is 25.4 Å². The number of rotatable bonds is 4. The summed E-state index contributed by atoms with van der Waals surface area (Å²) >= 11 is 0. The van der Waals surface area contributed by atoms with Crippen molar-refractivity contribution >= 4 is 0 Å². The molecule has 0 amide bonds. The van der Waals surface area contributed by atoms with Crippen molar-refractivity contribution in [3.05, 3.63) is 0 Å². The largest absolute Gasteiger partial charge is 0.394 e. The number of nitrogens with one attached hydrogen (secondary N) is 1. The third-order valence-corrected chi connectivity index (χ3v) is 5.25. The Kier molecular flexibility index (Phi) is 5.67. The normalized spacial score (nSPS) is 38.1. The monoisotopic (exact) mass is 268 g/mol. The van der Waals surface area contributed by atoms with Gasteiger partial charge in [0.25, 0.3) is 0 Å². The Hall–Kier alpha value is -0.120. The molecule has 3 atom stereocenters. The first-order valence-corrected chi connectivity index (χ1v) is 8.32. The summed E-state index contributed by atoms with van der Waals surface area (Å²) in [5, 5.41) is 13.4. The fourth-order valence-electron chi connectivity index (χ4n) is 4.19. The Morgan fingerprint density at radius 3 is 2.79 bits per heavy atom. The van der Waals surface area contributed by atoms with Gasteiger partial charge < -0.3 is 10.4 Å². The molecule has 112 valence electrons. The Balaban J connectivity index is 2.02. The summed E-state index contributed by atoms with van der Waals surface area (Å²) in [4.78, 5) is 2.74. The van der Waals surface area contributed by atoms with Crippen molar-refractivity contribution in [3.8, 4) is 0 Å². The predicted octanol–water partition coefficient (Wildman–Crippen LogP) is 2.53. The van der Waals surface area contributed by atoms with E-state index in [1.165, 1.54) is 45.1 Å². The van der Waals surface area contributed by atoms with Crippen molar-refractivity contribution in [3.63, 3.8) is 0 Å². The average Bonchev–Trinajstić information content (AvgIpc) is 2.64. The van der Waals surface area contributed by atoms with E-state index in [2.05, 4.69) is 24.1 Å². The lowest BCUT2D eigenvalue weighted by atomic mass is 9.78. The zero-order valence-corrected chi connectivity index (χ0v) is 12.8. The van der Waals surface area contributed by atoms with E-state index in [4.69, 9.17) is 0 Å². The van der Waals surface area contributed by atoms with Gasteiger partial charge in [0.2, 0.25) is 0 Å². The minimum absolute atomic E-state index is 0.0102. The molecule has 2 N–H and O–H groups in total. The molecule has 19 heavy (non-hydrogen) atoms. The lowest BCUT2D eigenvalue weighted by Crippen LogP contribution is -2.56. The molecule has 2 fully saturated rings. The highest BCUT2D eigenvalue weighted by atomic mass is 16.3. The molecule has 0 aromatic rings. The molecule has 1 saturated heterocycles. The first kappa shape index (κ1) is 15.3. The molecule has 3 heteroatoms. The molecule has 1 heterocycles. The summed E-state index contributed by atoms with van der Waals surface area (Å²) in [5.74, 6) is 0. The van der Waals surface area contributed by atoms with Gasteiger partial charge in [-0.05, 0) is 58.5 Å². The van der Waals surface area contributed by atoms with Crippen LogP contribution in [-0.4, -0.2) is 47.3 Å². The van der Waals surface area contributed by atoms with Crippen LogP contribution >= 0.6 is 0 Å². The average molecular weight is 268 g/mol. The van der Waals surface area contributed by atoms with Crippen LogP contribution in [0.15, 0.2) is 0 Å². The molecule has 0 spiro atoms. The van der Waals surface area contributed by atoms with Gasteiger partial charge in [-0.3, -0.25) is 4.90 Å². The van der Waals surface area contributed by atoms with Gasteiger partial charge in [0.15, 0.2) is 0 Å². The molecular weight excluding hydrogens is 236 g/mol. The van der Waals surface area contributed by atoms with E-state index in [1.807, 2.05) is 0 Å². The molecule has 1 aliphatic heterocycles. The number of likely N-dealkylation sites (N-methyl/N-ethyl adjacent to an activating group) is 1. The fraction of sp³-hybridized carbons (Fsp3) is 1.00. The molecule has 3 nitrogen and oxygen atoms in total. The van der Waals surface area contributed by atoms with Crippen LogP contribution < -0.4 is 5.32 Å². The summed E-state index contributed by atoms with van der Waals surface area (Å²) in [6, 6.07) is 1.40. The van der Waals surface area contributed by atoms with Crippen molar-refractivity contribution < 1.29 is 5.11 Å². The summed E-state index contributed by atoms with van der Waals surface area (Å²) in [5.41, 5.74) is -0.0102. The van der Waals surface area contributed by atoms with Crippen molar-refractivity contribution in [2.75, 3.05) is 19.7 Å². The zero-order valence-electron chi connectivity index (χ0n) is 12.8. The van der Waals surface area contributed by atoms with Gasteiger partial charge in [0, 0.05) is 17.6 Å². The van der Waals surface area contributed by atoms with Crippen LogP contribution in [0, 0.1) is 0 Å². The lowest BCUT2D eigenvalue weighted by molar-refractivity contribution is 0.0440. The maximum Gasteiger partial charge on any atom is 0.0613 e. The third kappa shape index (κ3) is 3.71. The molecule has 0 radical (unpaired) electrons. The van der Waals surface area contributed by atoms with Crippen LogP contribution in [0.5, 0.6) is 0 Å². The van der Waals surface area contributed by atoms with Gasteiger partial charge in [-0.2, -0.15) is 0 Å². The highest BCUT2D eigenvalue weighted by Crippen LogP contribution is 2.33. The molecule has 0 aromatic heterocycles. The van der Waals surface area contributed by atoms with Crippen molar-refractivity contribution in [1.82, 2.24) is 10.2 Å². The third-order valence-electron chi connectivity index (χ3n) is 5.25. The Morgan fingerprint density at radius 1 is 1.21 bits per heavy atom. The fourth-order valence-corrected chi connectivity index (χ4v) is 4.19. The van der Waals surface area contributed by atoms with Gasteiger partial charge in [-0.1, -0.05) is 19.8 Å². The minimum atomic E-state index is -0.0102. The van der Waals surface area contributed by atoms with Crippen LogP contribution in [0.1, 0.15) is 65.2 Å². The summed E-state index contributed by atoms with van der Waals surface area (Å²) in [6.45, 7) is 7.06. The predicted molar refractivity (Wildman–Crippen MR) is 80.4 cm³/mol. The lowest BCUT2D eigenvalue weighted by Gasteiger charge is -2.46. The second-order valence-electron chi connectivity index (χ2n) is 6.66. The number of aliphatic hydroxyl groups excluding tert-OH is 1. The van der Waals surface area contributed by atoms with E-state index >= 15 is 0 Å². The standard InChI is InChI=1S/C16H32N2O/c1-3-17-16(13-19)10-7-9-15(12-16)18-11-6-4-5-8-14(18)2/h14-15,17,19H,3-13H2,1-2H3. The highest BCUT2D eigenvalue weighted by molar-refractivity contribution is 4.97. The molecule has 2 rings (SSSR count). The van der Waals surface area contributed by atoms with Crippen LogP contribution in [0.3, 0.4) is 0 Å². The van der Waals surface area contributed by atoms with Crippen molar-refractivity contribution in [2.45, 2.75) is 82.8 Å². The second-order valence-corrected chi connectivity index (χ2v) is 6.66. The van der Waals surface area contributed by atoms with Crippen LogP contribution in [0.25, 0.3) is 0 Å². The SMILES string of the molecule is CCNC1(CO)CCCC(N2CCCCCC2C)C1. The molecule has 1 aliphatic carbocycles. The number of hydrogen-bond donors (Lipinski definition) is 2. The van der Waals surface area contributed by atoms with Gasteiger partial charge in [-0.25, -0.2) is 0 Å². The number of likely N-dealkylation sites (tertiary alicyclic amines) is 1. The van der Waals surface area contributed by atoms with Crippen LogP contribution in [-0.2, 0) is 0 Å². The minimum Gasteiger partial charge on any atom is -0.394 e. The summed E-state index contributed by atoms with van der Waals surface area (Å²) < 4.78 is 0. The molecule has 1 saturated carbocycles. The van der Waals surface area contributed by atoms with E-state index < -0.39 is 0 Å². The quantitative estimate of drug-likeness (QED) is 0.822. The number of aliphatic hydroxyl groups is 1. The van der Waals surface area contributed by atoms with Gasteiger partial charge in [-0.15, -0.1) is 0 Å². The number of hydrogen-bond acceptors (Lipinski definition) is 3. The number of nitrogens with zero attached hydrogens (tertiary/aromatic N) is 1. The molecular formula is C16H32N2O. The topological polar surface area (TPSA) is 35.5 Å². The first-order chi connectivity index (χ1) is 9.21. The Labute approximate surface area is 118 Å². The van der Waals surface area contributed by atoms with E-state index in [9.17, 15) is 5.11 Å². The second kappa shape index (κ2) is 7.05. The molecule has 2 aliphatic rings. The van der Waals surface area contributed by atoms with E-state index in [0.29, 0.717) is 12.6 Å². The van der Waals surface area contributed by atoms with Gasteiger partial charge in [0.1, 0.15) is 0 Å². The Morgan fingerprint density at radius 2 is 2.05 bits per heavy atom. The van der Waals surface area contributed by atoms with E-state index in [1.54, 1.807) is 0 Å². The maximum atomic E-state index is 9.83. The first-order valence-electron chi connectivity index (χ1n) is 8.32. The summed E-state index contributed by atoms with van der Waals surface area (Å²) in [7, 11) is 0. The molecule has 0 aromatic carbocycles.